The summed E-state index contributed by atoms with van der Waals surface area (Å²) < 4.78 is 5.06. The summed E-state index contributed by atoms with van der Waals surface area (Å²) in [4.78, 5) is 25.9. The Balaban J connectivity index is 1.95. The number of hydrogen-bond donors (Lipinski definition) is 1. The highest BCUT2D eigenvalue weighted by molar-refractivity contribution is 6.31. The van der Waals surface area contributed by atoms with Gasteiger partial charge in [0, 0.05) is 30.5 Å². The van der Waals surface area contributed by atoms with Gasteiger partial charge in [-0.25, -0.2) is 4.79 Å². The van der Waals surface area contributed by atoms with Gasteiger partial charge in [0.25, 0.3) is 5.91 Å². The Morgan fingerprint density at radius 3 is 2.62 bits per heavy atom. The monoisotopic (exact) mass is 346 g/mol. The van der Waals surface area contributed by atoms with Gasteiger partial charge in [-0.05, 0) is 42.8 Å². The number of esters is 1. The number of ether oxygens (including phenoxy) is 1. The number of benzene rings is 2. The molecule has 0 aromatic heterocycles. The van der Waals surface area contributed by atoms with Crippen molar-refractivity contribution in [3.8, 4) is 0 Å². The van der Waals surface area contributed by atoms with Gasteiger partial charge in [0.15, 0.2) is 6.61 Å². The van der Waals surface area contributed by atoms with E-state index < -0.39 is 11.9 Å². The van der Waals surface area contributed by atoms with Crippen LogP contribution in [0.15, 0.2) is 42.5 Å². The third kappa shape index (κ3) is 4.73. The lowest BCUT2D eigenvalue weighted by Crippen LogP contribution is -2.21. The van der Waals surface area contributed by atoms with Gasteiger partial charge in [0.1, 0.15) is 0 Å². The number of rotatable bonds is 5. The van der Waals surface area contributed by atoms with Crippen LogP contribution in [0.3, 0.4) is 0 Å². The highest BCUT2D eigenvalue weighted by atomic mass is 35.5. The van der Waals surface area contributed by atoms with Crippen LogP contribution in [0.5, 0.6) is 0 Å². The molecule has 0 aliphatic heterocycles. The molecule has 0 aliphatic rings. The Bertz CT molecular complexity index is 760. The standard InChI is InChI=1S/C18H19ClN2O3/c1-12-7-8-14(19)10-16(12)20-17(22)11-24-18(23)13-5-4-6-15(9-13)21(2)3/h4-10H,11H2,1-3H3,(H,20,22). The topological polar surface area (TPSA) is 58.6 Å². The third-order valence-electron chi connectivity index (χ3n) is 3.41. The first kappa shape index (κ1) is 17.8. The fraction of sp³-hybridized carbons (Fsp3) is 0.222. The molecule has 0 aliphatic carbocycles. The van der Waals surface area contributed by atoms with E-state index in [1.54, 1.807) is 36.4 Å². The van der Waals surface area contributed by atoms with Gasteiger partial charge in [-0.1, -0.05) is 23.7 Å². The summed E-state index contributed by atoms with van der Waals surface area (Å²) in [6, 6.07) is 12.2. The molecule has 1 N–H and O–H groups in total. The maximum Gasteiger partial charge on any atom is 0.338 e. The molecule has 2 aromatic carbocycles. The van der Waals surface area contributed by atoms with Crippen LogP contribution in [-0.4, -0.2) is 32.6 Å². The maximum absolute atomic E-state index is 12.1. The molecule has 0 saturated carbocycles. The van der Waals surface area contributed by atoms with Crippen LogP contribution in [0.25, 0.3) is 0 Å². The average Bonchev–Trinajstić information content (AvgIpc) is 2.56. The van der Waals surface area contributed by atoms with Crippen LogP contribution in [0.2, 0.25) is 5.02 Å². The first-order valence-electron chi connectivity index (χ1n) is 7.37. The zero-order chi connectivity index (χ0) is 17.7. The molecule has 1 amide bonds. The van der Waals surface area contributed by atoms with Crippen LogP contribution >= 0.6 is 11.6 Å². The van der Waals surface area contributed by atoms with Crippen molar-refractivity contribution >= 4 is 34.9 Å². The fourth-order valence-electron chi connectivity index (χ4n) is 2.04. The zero-order valence-corrected chi connectivity index (χ0v) is 14.6. The van der Waals surface area contributed by atoms with Crippen LogP contribution < -0.4 is 10.2 Å². The molecule has 2 aromatic rings. The smallest absolute Gasteiger partial charge is 0.338 e. The molecule has 0 unspecified atom stereocenters. The molecule has 2 rings (SSSR count). The van der Waals surface area contributed by atoms with Crippen molar-refractivity contribution in [2.24, 2.45) is 0 Å². The van der Waals surface area contributed by atoms with Crippen molar-refractivity contribution in [1.29, 1.82) is 0 Å². The van der Waals surface area contributed by atoms with Crippen molar-refractivity contribution in [3.63, 3.8) is 0 Å². The molecule has 5 nitrogen and oxygen atoms in total. The minimum absolute atomic E-state index is 0.364. The number of carbonyl (C=O) groups excluding carboxylic acids is 2. The molecule has 0 spiro atoms. The summed E-state index contributed by atoms with van der Waals surface area (Å²) in [6.07, 6.45) is 0. The van der Waals surface area contributed by atoms with E-state index >= 15 is 0 Å². The number of nitrogens with zero attached hydrogens (tertiary/aromatic N) is 1. The molecule has 0 bridgehead atoms. The molecular weight excluding hydrogens is 328 g/mol. The van der Waals surface area contributed by atoms with Crippen molar-refractivity contribution in [3.05, 3.63) is 58.6 Å². The molecule has 126 valence electrons. The SMILES string of the molecule is Cc1ccc(Cl)cc1NC(=O)COC(=O)c1cccc(N(C)C)c1. The van der Waals surface area contributed by atoms with E-state index in [0.717, 1.165) is 11.3 Å². The highest BCUT2D eigenvalue weighted by Crippen LogP contribution is 2.20. The number of carbonyl (C=O) groups is 2. The fourth-order valence-corrected chi connectivity index (χ4v) is 2.21. The van der Waals surface area contributed by atoms with Crippen LogP contribution in [-0.2, 0) is 9.53 Å². The molecule has 0 heterocycles. The number of amides is 1. The summed E-state index contributed by atoms with van der Waals surface area (Å²) >= 11 is 5.91. The number of halogens is 1. The Hall–Kier alpha value is -2.53. The summed E-state index contributed by atoms with van der Waals surface area (Å²) in [7, 11) is 3.76. The predicted molar refractivity (Wildman–Crippen MR) is 95.9 cm³/mol. The van der Waals surface area contributed by atoms with E-state index in [0.29, 0.717) is 16.3 Å². The number of aryl methyl sites for hydroxylation is 1. The number of hydrogen-bond acceptors (Lipinski definition) is 4. The van der Waals surface area contributed by atoms with Gasteiger partial charge in [0.05, 0.1) is 5.56 Å². The predicted octanol–water partition coefficient (Wildman–Crippen LogP) is 3.51. The third-order valence-corrected chi connectivity index (χ3v) is 3.64. The lowest BCUT2D eigenvalue weighted by molar-refractivity contribution is -0.119. The second-order valence-electron chi connectivity index (χ2n) is 5.53. The average molecular weight is 347 g/mol. The minimum atomic E-state index is -0.545. The van der Waals surface area contributed by atoms with Gasteiger partial charge >= 0.3 is 5.97 Å². The van der Waals surface area contributed by atoms with E-state index in [-0.39, 0.29) is 6.61 Å². The van der Waals surface area contributed by atoms with Gasteiger partial charge < -0.3 is 15.0 Å². The van der Waals surface area contributed by atoms with Crippen molar-refractivity contribution in [2.75, 3.05) is 30.9 Å². The van der Waals surface area contributed by atoms with Crippen LogP contribution in [0.4, 0.5) is 11.4 Å². The van der Waals surface area contributed by atoms with Gasteiger partial charge in [-0.2, -0.15) is 0 Å². The van der Waals surface area contributed by atoms with Gasteiger partial charge in [0.2, 0.25) is 0 Å². The summed E-state index contributed by atoms with van der Waals surface area (Å²) in [5.41, 5.74) is 2.74. The molecule has 0 fully saturated rings. The first-order valence-corrected chi connectivity index (χ1v) is 7.75. The maximum atomic E-state index is 12.1. The lowest BCUT2D eigenvalue weighted by Gasteiger charge is -2.13. The van der Waals surface area contributed by atoms with E-state index in [9.17, 15) is 9.59 Å². The van der Waals surface area contributed by atoms with E-state index in [1.165, 1.54) is 0 Å². The minimum Gasteiger partial charge on any atom is -0.452 e. The van der Waals surface area contributed by atoms with Gasteiger partial charge in [-0.3, -0.25) is 4.79 Å². The molecule has 0 radical (unpaired) electrons. The van der Waals surface area contributed by atoms with E-state index in [2.05, 4.69) is 5.32 Å². The normalized spacial score (nSPS) is 10.2. The second-order valence-corrected chi connectivity index (χ2v) is 5.96. The second kappa shape index (κ2) is 7.84. The lowest BCUT2D eigenvalue weighted by atomic mass is 10.2. The zero-order valence-electron chi connectivity index (χ0n) is 13.8. The van der Waals surface area contributed by atoms with E-state index in [4.69, 9.17) is 16.3 Å². The highest BCUT2D eigenvalue weighted by Gasteiger charge is 2.12. The first-order chi connectivity index (χ1) is 11.4. The Morgan fingerprint density at radius 2 is 1.92 bits per heavy atom. The molecular formula is C18H19ClN2O3. The Morgan fingerprint density at radius 1 is 1.17 bits per heavy atom. The molecule has 0 atom stereocenters. The molecule has 6 heteroatoms. The largest absolute Gasteiger partial charge is 0.452 e. The Labute approximate surface area is 146 Å². The number of anilines is 2. The van der Waals surface area contributed by atoms with Crippen molar-refractivity contribution < 1.29 is 14.3 Å². The molecule has 24 heavy (non-hydrogen) atoms. The quantitative estimate of drug-likeness (QED) is 0.842. The van der Waals surface area contributed by atoms with Crippen molar-refractivity contribution in [2.45, 2.75) is 6.92 Å². The van der Waals surface area contributed by atoms with Crippen LogP contribution in [0.1, 0.15) is 15.9 Å². The number of nitrogens with one attached hydrogen (secondary N) is 1. The van der Waals surface area contributed by atoms with E-state index in [1.807, 2.05) is 32.0 Å². The summed E-state index contributed by atoms with van der Waals surface area (Å²) in [6.45, 7) is 1.49. The molecule has 0 saturated heterocycles. The summed E-state index contributed by atoms with van der Waals surface area (Å²) in [5, 5.41) is 3.20. The summed E-state index contributed by atoms with van der Waals surface area (Å²) in [5.74, 6) is -0.964. The Kier molecular flexibility index (Phi) is 5.82. The van der Waals surface area contributed by atoms with Crippen molar-refractivity contribution in [1.82, 2.24) is 0 Å². The van der Waals surface area contributed by atoms with Gasteiger partial charge in [-0.15, -0.1) is 0 Å². The van der Waals surface area contributed by atoms with Crippen LogP contribution in [0, 0.1) is 6.92 Å².